The third-order valence-corrected chi connectivity index (χ3v) is 3.45. The normalized spacial score (nSPS) is 11.8. The number of benzene rings is 1. The molecule has 1 atom stereocenters. The molecule has 2 rings (SSSR count). The maximum atomic E-state index is 11.9. The van der Waals surface area contributed by atoms with Gasteiger partial charge < -0.3 is 10.6 Å². The molecule has 0 unspecified atom stereocenters. The van der Waals surface area contributed by atoms with E-state index in [1.165, 1.54) is 0 Å². The summed E-state index contributed by atoms with van der Waals surface area (Å²) in [5, 5.41) is 6.35. The van der Waals surface area contributed by atoms with E-state index in [2.05, 4.69) is 15.6 Å². The number of urea groups is 1. The number of carbonyl (C=O) groups excluding carboxylic acids is 1. The van der Waals surface area contributed by atoms with Crippen LogP contribution in [0.25, 0.3) is 0 Å². The number of pyridine rings is 1. The highest BCUT2D eigenvalue weighted by atomic mass is 35.5. The first-order chi connectivity index (χ1) is 9.56. The van der Waals surface area contributed by atoms with Gasteiger partial charge in [-0.15, -0.1) is 0 Å². The van der Waals surface area contributed by atoms with Crippen LogP contribution < -0.4 is 10.6 Å². The number of hydrogen-bond donors (Lipinski definition) is 2. The van der Waals surface area contributed by atoms with Crippen molar-refractivity contribution in [2.24, 2.45) is 0 Å². The van der Waals surface area contributed by atoms with Gasteiger partial charge in [-0.25, -0.2) is 4.79 Å². The number of anilines is 1. The van der Waals surface area contributed by atoms with E-state index in [0.29, 0.717) is 15.7 Å². The minimum absolute atomic E-state index is 0.147. The Morgan fingerprint density at radius 1 is 1.25 bits per heavy atom. The van der Waals surface area contributed by atoms with Crippen LogP contribution in [-0.2, 0) is 0 Å². The zero-order chi connectivity index (χ0) is 14.5. The van der Waals surface area contributed by atoms with Crippen LogP contribution in [0.1, 0.15) is 18.5 Å². The Labute approximate surface area is 127 Å². The average Bonchev–Trinajstić information content (AvgIpc) is 2.44. The quantitative estimate of drug-likeness (QED) is 0.889. The zero-order valence-electron chi connectivity index (χ0n) is 10.7. The highest BCUT2D eigenvalue weighted by molar-refractivity contribution is 6.42. The van der Waals surface area contributed by atoms with E-state index in [0.717, 1.165) is 5.56 Å². The van der Waals surface area contributed by atoms with Crippen LogP contribution in [0.4, 0.5) is 10.5 Å². The average molecular weight is 310 g/mol. The summed E-state index contributed by atoms with van der Waals surface area (Å²) in [6.07, 6.45) is 3.40. The first-order valence-corrected chi connectivity index (χ1v) is 6.74. The predicted octanol–water partition coefficient (Wildman–Crippen LogP) is 4.27. The van der Waals surface area contributed by atoms with Gasteiger partial charge in [0.2, 0.25) is 0 Å². The van der Waals surface area contributed by atoms with Gasteiger partial charge in [0.15, 0.2) is 0 Å². The maximum absolute atomic E-state index is 11.9. The molecule has 6 heteroatoms. The standard InChI is InChI=1S/C14H13Cl2N3O/c1-9(10-3-2-6-17-8-10)18-14(20)19-11-4-5-12(15)13(16)7-11/h2-9H,1H3,(H2,18,19,20)/t9-/m0/s1. The molecular formula is C14H13Cl2N3O. The van der Waals surface area contributed by atoms with E-state index in [1.54, 1.807) is 30.6 Å². The number of nitrogens with zero attached hydrogens (tertiary/aromatic N) is 1. The van der Waals surface area contributed by atoms with E-state index < -0.39 is 0 Å². The Morgan fingerprint density at radius 2 is 2.05 bits per heavy atom. The van der Waals surface area contributed by atoms with Crippen molar-refractivity contribution < 1.29 is 4.79 Å². The molecule has 2 aromatic rings. The Morgan fingerprint density at radius 3 is 2.70 bits per heavy atom. The Bertz CT molecular complexity index is 605. The molecule has 104 valence electrons. The number of rotatable bonds is 3. The van der Waals surface area contributed by atoms with Gasteiger partial charge in [0.25, 0.3) is 0 Å². The van der Waals surface area contributed by atoms with Crippen molar-refractivity contribution in [1.82, 2.24) is 10.3 Å². The van der Waals surface area contributed by atoms with Crippen molar-refractivity contribution in [3.05, 3.63) is 58.3 Å². The van der Waals surface area contributed by atoms with Gasteiger partial charge in [0.1, 0.15) is 0 Å². The van der Waals surface area contributed by atoms with E-state index in [-0.39, 0.29) is 12.1 Å². The van der Waals surface area contributed by atoms with Crippen LogP contribution in [-0.4, -0.2) is 11.0 Å². The summed E-state index contributed by atoms with van der Waals surface area (Å²) < 4.78 is 0. The van der Waals surface area contributed by atoms with Crippen molar-refractivity contribution in [3.8, 4) is 0 Å². The van der Waals surface area contributed by atoms with Crippen LogP contribution in [0.3, 0.4) is 0 Å². The van der Waals surface area contributed by atoms with Crippen molar-refractivity contribution in [2.45, 2.75) is 13.0 Å². The minimum atomic E-state index is -0.320. The molecule has 0 bridgehead atoms. The third kappa shape index (κ3) is 3.85. The van der Waals surface area contributed by atoms with Gasteiger partial charge in [0, 0.05) is 18.1 Å². The summed E-state index contributed by atoms with van der Waals surface area (Å²) in [5.41, 5.74) is 1.51. The molecule has 0 aliphatic carbocycles. The number of aromatic nitrogens is 1. The van der Waals surface area contributed by atoms with Gasteiger partial charge in [0.05, 0.1) is 16.1 Å². The van der Waals surface area contributed by atoms with Gasteiger partial charge in [-0.2, -0.15) is 0 Å². The number of nitrogens with one attached hydrogen (secondary N) is 2. The summed E-state index contributed by atoms with van der Waals surface area (Å²) in [5.74, 6) is 0. The van der Waals surface area contributed by atoms with Crippen LogP contribution in [0, 0.1) is 0 Å². The molecule has 2 amide bonds. The number of halogens is 2. The molecule has 0 saturated heterocycles. The molecule has 0 spiro atoms. The summed E-state index contributed by atoms with van der Waals surface area (Å²) in [6.45, 7) is 1.88. The molecular weight excluding hydrogens is 297 g/mol. The smallest absolute Gasteiger partial charge is 0.319 e. The molecule has 0 aliphatic heterocycles. The van der Waals surface area contributed by atoms with Crippen molar-refractivity contribution >= 4 is 34.9 Å². The fourth-order valence-corrected chi connectivity index (χ4v) is 1.95. The van der Waals surface area contributed by atoms with E-state index >= 15 is 0 Å². The van der Waals surface area contributed by atoms with Gasteiger partial charge in [-0.05, 0) is 36.8 Å². The fraction of sp³-hybridized carbons (Fsp3) is 0.143. The molecule has 1 heterocycles. The fourth-order valence-electron chi connectivity index (χ4n) is 1.65. The number of carbonyl (C=O) groups is 1. The molecule has 0 saturated carbocycles. The Balaban J connectivity index is 1.97. The summed E-state index contributed by atoms with van der Waals surface area (Å²) in [6, 6.07) is 8.16. The van der Waals surface area contributed by atoms with E-state index in [9.17, 15) is 4.79 Å². The minimum Gasteiger partial charge on any atom is -0.331 e. The Kier molecular flexibility index (Phi) is 4.82. The van der Waals surface area contributed by atoms with Gasteiger partial charge in [-0.3, -0.25) is 4.98 Å². The SMILES string of the molecule is C[C@H](NC(=O)Nc1ccc(Cl)c(Cl)c1)c1cccnc1. The molecule has 0 radical (unpaired) electrons. The largest absolute Gasteiger partial charge is 0.331 e. The molecule has 2 N–H and O–H groups in total. The summed E-state index contributed by atoms with van der Waals surface area (Å²) in [7, 11) is 0. The maximum Gasteiger partial charge on any atom is 0.319 e. The van der Waals surface area contributed by atoms with Crippen LogP contribution in [0.5, 0.6) is 0 Å². The number of hydrogen-bond acceptors (Lipinski definition) is 2. The van der Waals surface area contributed by atoms with Crippen LogP contribution in [0.2, 0.25) is 10.0 Å². The van der Waals surface area contributed by atoms with E-state index in [4.69, 9.17) is 23.2 Å². The highest BCUT2D eigenvalue weighted by Crippen LogP contribution is 2.25. The summed E-state index contributed by atoms with van der Waals surface area (Å²) >= 11 is 11.7. The monoisotopic (exact) mass is 309 g/mol. The lowest BCUT2D eigenvalue weighted by Gasteiger charge is -2.14. The molecule has 0 fully saturated rings. The first-order valence-electron chi connectivity index (χ1n) is 5.99. The first kappa shape index (κ1) is 14.6. The topological polar surface area (TPSA) is 54.0 Å². The Hall–Kier alpha value is -1.78. The lowest BCUT2D eigenvalue weighted by Crippen LogP contribution is -2.31. The number of amides is 2. The molecule has 4 nitrogen and oxygen atoms in total. The van der Waals surface area contributed by atoms with Crippen molar-refractivity contribution in [2.75, 3.05) is 5.32 Å². The van der Waals surface area contributed by atoms with Gasteiger partial charge >= 0.3 is 6.03 Å². The van der Waals surface area contributed by atoms with Gasteiger partial charge in [-0.1, -0.05) is 29.3 Å². The lowest BCUT2D eigenvalue weighted by molar-refractivity contribution is 0.249. The molecule has 1 aromatic carbocycles. The zero-order valence-corrected chi connectivity index (χ0v) is 12.2. The van der Waals surface area contributed by atoms with Crippen molar-refractivity contribution in [1.29, 1.82) is 0 Å². The second kappa shape index (κ2) is 6.59. The molecule has 1 aromatic heterocycles. The second-order valence-electron chi connectivity index (χ2n) is 4.24. The third-order valence-electron chi connectivity index (χ3n) is 2.71. The second-order valence-corrected chi connectivity index (χ2v) is 5.05. The van der Waals surface area contributed by atoms with Crippen LogP contribution in [0.15, 0.2) is 42.7 Å². The van der Waals surface area contributed by atoms with Crippen LogP contribution >= 0.6 is 23.2 Å². The molecule has 20 heavy (non-hydrogen) atoms. The van der Waals surface area contributed by atoms with E-state index in [1.807, 2.05) is 19.1 Å². The lowest BCUT2D eigenvalue weighted by atomic mass is 10.1. The highest BCUT2D eigenvalue weighted by Gasteiger charge is 2.10. The van der Waals surface area contributed by atoms with Crippen molar-refractivity contribution in [3.63, 3.8) is 0 Å². The molecule has 0 aliphatic rings. The predicted molar refractivity (Wildman–Crippen MR) is 81.3 cm³/mol. The summed E-state index contributed by atoms with van der Waals surface area (Å²) in [4.78, 5) is 15.9.